The predicted molar refractivity (Wildman–Crippen MR) is 71.0 cm³/mol. The van der Waals surface area contributed by atoms with Crippen LogP contribution in [0.4, 0.5) is 4.79 Å². The fraction of sp³-hybridized carbons (Fsp3) is 0.846. The first-order chi connectivity index (χ1) is 8.74. The number of amides is 2. The molecule has 1 aliphatic heterocycles. The van der Waals surface area contributed by atoms with Crippen molar-refractivity contribution in [3.63, 3.8) is 0 Å². The number of carbonyl (C=O) groups is 2. The molecule has 1 aliphatic rings. The molecule has 0 aromatic heterocycles. The van der Waals surface area contributed by atoms with E-state index in [0.717, 1.165) is 0 Å². The average molecular weight is 272 g/mol. The highest BCUT2D eigenvalue weighted by atomic mass is 16.5. The number of ether oxygens (including phenoxy) is 1. The molecule has 1 rings (SSSR count). The molecule has 19 heavy (non-hydrogen) atoms. The molecule has 0 aliphatic carbocycles. The number of hydrogen-bond acceptors (Lipinski definition) is 3. The Balaban J connectivity index is 2.47. The second kappa shape index (κ2) is 6.23. The number of nitrogens with one attached hydrogen (secondary N) is 1. The van der Waals surface area contributed by atoms with Gasteiger partial charge in [-0.3, -0.25) is 0 Å². The first kappa shape index (κ1) is 15.8. The van der Waals surface area contributed by atoms with Crippen LogP contribution in [-0.4, -0.2) is 54.4 Å². The molecule has 2 N–H and O–H groups in total. The lowest BCUT2D eigenvalue weighted by Crippen LogP contribution is -2.53. The highest BCUT2D eigenvalue weighted by Crippen LogP contribution is 2.24. The summed E-state index contributed by atoms with van der Waals surface area (Å²) in [5, 5.41) is 11.8. The number of aliphatic carboxylic acids is 1. The monoisotopic (exact) mass is 272 g/mol. The van der Waals surface area contributed by atoms with Crippen LogP contribution in [0.5, 0.6) is 0 Å². The van der Waals surface area contributed by atoms with Crippen LogP contribution in [-0.2, 0) is 9.53 Å². The summed E-state index contributed by atoms with van der Waals surface area (Å²) in [4.78, 5) is 24.3. The Bertz CT molecular complexity index is 342. The maximum Gasteiger partial charge on any atom is 0.334 e. The van der Waals surface area contributed by atoms with Gasteiger partial charge in [0, 0.05) is 13.1 Å². The maximum absolute atomic E-state index is 12.0. The largest absolute Gasteiger partial charge is 0.479 e. The Labute approximate surface area is 114 Å². The molecular weight excluding hydrogens is 248 g/mol. The smallest absolute Gasteiger partial charge is 0.334 e. The topological polar surface area (TPSA) is 78.9 Å². The first-order valence-corrected chi connectivity index (χ1v) is 6.61. The SMILES string of the molecule is CC(C)C(C)(C)CNC(=O)N1CCOC(C(=O)O)C1. The number of urea groups is 1. The maximum atomic E-state index is 12.0. The normalized spacial score (nSPS) is 20.5. The lowest BCUT2D eigenvalue weighted by Gasteiger charge is -2.34. The molecule has 0 spiro atoms. The van der Waals surface area contributed by atoms with E-state index in [-0.39, 0.29) is 24.6 Å². The van der Waals surface area contributed by atoms with E-state index in [1.807, 2.05) is 0 Å². The second-order valence-corrected chi connectivity index (χ2v) is 5.95. The van der Waals surface area contributed by atoms with Gasteiger partial charge in [0.05, 0.1) is 13.2 Å². The number of hydrogen-bond donors (Lipinski definition) is 2. The van der Waals surface area contributed by atoms with E-state index in [9.17, 15) is 9.59 Å². The number of rotatable bonds is 4. The zero-order chi connectivity index (χ0) is 14.6. The highest BCUT2D eigenvalue weighted by Gasteiger charge is 2.30. The van der Waals surface area contributed by atoms with Crippen molar-refractivity contribution in [3.8, 4) is 0 Å². The van der Waals surface area contributed by atoms with Gasteiger partial charge in [0.15, 0.2) is 6.10 Å². The van der Waals surface area contributed by atoms with Gasteiger partial charge >= 0.3 is 12.0 Å². The van der Waals surface area contributed by atoms with Crippen molar-refractivity contribution >= 4 is 12.0 Å². The summed E-state index contributed by atoms with van der Waals surface area (Å²) in [6.45, 7) is 9.77. The van der Waals surface area contributed by atoms with Crippen LogP contribution in [0, 0.1) is 11.3 Å². The molecule has 1 fully saturated rings. The van der Waals surface area contributed by atoms with Crippen molar-refractivity contribution in [3.05, 3.63) is 0 Å². The number of carboxylic acids is 1. The van der Waals surface area contributed by atoms with Crippen molar-refractivity contribution < 1.29 is 19.4 Å². The van der Waals surface area contributed by atoms with Crippen molar-refractivity contribution in [2.75, 3.05) is 26.2 Å². The number of carbonyl (C=O) groups excluding carboxylic acids is 1. The quantitative estimate of drug-likeness (QED) is 0.805. The Morgan fingerprint density at radius 1 is 1.47 bits per heavy atom. The van der Waals surface area contributed by atoms with Crippen molar-refractivity contribution in [2.24, 2.45) is 11.3 Å². The summed E-state index contributed by atoms with van der Waals surface area (Å²) in [7, 11) is 0. The molecule has 0 aromatic rings. The molecule has 1 heterocycles. The van der Waals surface area contributed by atoms with Crippen LogP contribution < -0.4 is 5.32 Å². The van der Waals surface area contributed by atoms with Gasteiger partial charge in [0.1, 0.15) is 0 Å². The van der Waals surface area contributed by atoms with Gasteiger partial charge in [0.25, 0.3) is 0 Å². The fourth-order valence-electron chi connectivity index (χ4n) is 1.60. The minimum Gasteiger partial charge on any atom is -0.479 e. The highest BCUT2D eigenvalue weighted by molar-refractivity contribution is 5.77. The van der Waals surface area contributed by atoms with Gasteiger partial charge in [-0.15, -0.1) is 0 Å². The standard InChI is InChI=1S/C13H24N2O4/c1-9(2)13(3,4)8-14-12(18)15-5-6-19-10(7-15)11(16)17/h9-10H,5-8H2,1-4H3,(H,14,18)(H,16,17). The minimum absolute atomic E-state index is 0.00808. The third kappa shape index (κ3) is 4.38. The molecule has 0 aromatic carbocycles. The number of morpholine rings is 1. The zero-order valence-corrected chi connectivity index (χ0v) is 12.1. The van der Waals surface area contributed by atoms with Gasteiger partial charge < -0.3 is 20.1 Å². The summed E-state index contributed by atoms with van der Waals surface area (Å²) in [5.74, 6) is -0.579. The number of carboxylic acid groups (broad SMARTS) is 1. The van der Waals surface area contributed by atoms with Crippen LogP contribution in [0.2, 0.25) is 0 Å². The van der Waals surface area contributed by atoms with Crippen LogP contribution in [0.3, 0.4) is 0 Å². The first-order valence-electron chi connectivity index (χ1n) is 6.61. The van der Waals surface area contributed by atoms with Crippen LogP contribution in [0.15, 0.2) is 0 Å². The molecule has 110 valence electrons. The third-order valence-electron chi connectivity index (χ3n) is 3.89. The van der Waals surface area contributed by atoms with E-state index < -0.39 is 12.1 Å². The van der Waals surface area contributed by atoms with E-state index in [1.165, 1.54) is 4.90 Å². The molecule has 0 bridgehead atoms. The Morgan fingerprint density at radius 3 is 2.63 bits per heavy atom. The zero-order valence-electron chi connectivity index (χ0n) is 12.1. The van der Waals surface area contributed by atoms with E-state index in [4.69, 9.17) is 9.84 Å². The molecule has 6 nitrogen and oxygen atoms in total. The Morgan fingerprint density at radius 2 is 2.11 bits per heavy atom. The third-order valence-corrected chi connectivity index (χ3v) is 3.89. The molecule has 6 heteroatoms. The van der Waals surface area contributed by atoms with Crippen molar-refractivity contribution in [2.45, 2.75) is 33.8 Å². The summed E-state index contributed by atoms with van der Waals surface area (Å²) in [6, 6.07) is -0.219. The molecule has 1 unspecified atom stereocenters. The minimum atomic E-state index is -1.03. The van der Waals surface area contributed by atoms with Gasteiger partial charge in [0.2, 0.25) is 0 Å². The van der Waals surface area contributed by atoms with Crippen LogP contribution >= 0.6 is 0 Å². The predicted octanol–water partition coefficient (Wildman–Crippen LogP) is 1.16. The van der Waals surface area contributed by atoms with Crippen molar-refractivity contribution in [1.29, 1.82) is 0 Å². The van der Waals surface area contributed by atoms with E-state index >= 15 is 0 Å². The summed E-state index contributed by atoms with van der Waals surface area (Å²) < 4.78 is 5.08. The summed E-state index contributed by atoms with van der Waals surface area (Å²) in [5.41, 5.74) is 0.00808. The van der Waals surface area contributed by atoms with Crippen molar-refractivity contribution in [1.82, 2.24) is 10.2 Å². The van der Waals surface area contributed by atoms with Crippen LogP contribution in [0.1, 0.15) is 27.7 Å². The lowest BCUT2D eigenvalue weighted by molar-refractivity contribution is -0.154. The molecule has 0 saturated carbocycles. The van der Waals surface area contributed by atoms with Crippen LogP contribution in [0.25, 0.3) is 0 Å². The molecule has 1 saturated heterocycles. The number of nitrogens with zero attached hydrogens (tertiary/aromatic N) is 1. The average Bonchev–Trinajstić information content (AvgIpc) is 2.36. The van der Waals surface area contributed by atoms with E-state index in [1.54, 1.807) is 0 Å². The Kier molecular flexibility index (Phi) is 5.17. The molecule has 0 radical (unpaired) electrons. The van der Waals surface area contributed by atoms with Gasteiger partial charge in [-0.05, 0) is 11.3 Å². The summed E-state index contributed by atoms with van der Waals surface area (Å²) >= 11 is 0. The molecular formula is C13H24N2O4. The lowest BCUT2D eigenvalue weighted by atomic mass is 9.81. The van der Waals surface area contributed by atoms with Gasteiger partial charge in [-0.25, -0.2) is 9.59 Å². The fourth-order valence-corrected chi connectivity index (χ4v) is 1.60. The van der Waals surface area contributed by atoms with E-state index in [0.29, 0.717) is 19.0 Å². The Hall–Kier alpha value is -1.30. The molecule has 2 amide bonds. The van der Waals surface area contributed by atoms with Gasteiger partial charge in [-0.1, -0.05) is 27.7 Å². The second-order valence-electron chi connectivity index (χ2n) is 5.95. The molecule has 1 atom stereocenters. The van der Waals surface area contributed by atoms with E-state index in [2.05, 4.69) is 33.0 Å². The van der Waals surface area contributed by atoms with Gasteiger partial charge in [-0.2, -0.15) is 0 Å². The summed E-state index contributed by atoms with van der Waals surface area (Å²) in [6.07, 6.45) is -0.919.